The van der Waals surface area contributed by atoms with E-state index in [0.717, 1.165) is 6.54 Å². The number of hydrogen-bond donors (Lipinski definition) is 0. The SMILES string of the molecule is ClCC1CN(C(c2ccccc2)(c2ccccc2)c2ccccc2)C=N1. The van der Waals surface area contributed by atoms with E-state index >= 15 is 0 Å². The first kappa shape index (κ1) is 16.9. The standard InChI is InChI=1S/C23H21ClN2/c24-16-22-17-26(18-25-22)23(19-10-4-1-5-11-19,20-12-6-2-7-13-20)21-14-8-3-9-15-21/h1-15,18,22H,16-17H2. The Labute approximate surface area is 159 Å². The van der Waals surface area contributed by atoms with Crippen LogP contribution in [0.5, 0.6) is 0 Å². The highest BCUT2D eigenvalue weighted by molar-refractivity contribution is 6.18. The van der Waals surface area contributed by atoms with E-state index in [0.29, 0.717) is 5.88 Å². The summed E-state index contributed by atoms with van der Waals surface area (Å²) in [5.74, 6) is 0.529. The first-order valence-corrected chi connectivity index (χ1v) is 9.41. The van der Waals surface area contributed by atoms with E-state index in [1.165, 1.54) is 16.7 Å². The van der Waals surface area contributed by atoms with E-state index < -0.39 is 5.54 Å². The van der Waals surface area contributed by atoms with Crippen LogP contribution in [0.3, 0.4) is 0 Å². The predicted octanol–water partition coefficient (Wildman–Crippen LogP) is 4.93. The van der Waals surface area contributed by atoms with Crippen molar-refractivity contribution in [3.63, 3.8) is 0 Å². The Hall–Kier alpha value is -2.58. The van der Waals surface area contributed by atoms with Gasteiger partial charge in [0.2, 0.25) is 0 Å². The predicted molar refractivity (Wildman–Crippen MR) is 109 cm³/mol. The van der Waals surface area contributed by atoms with Gasteiger partial charge in [0.25, 0.3) is 0 Å². The molecule has 2 nitrogen and oxygen atoms in total. The average Bonchev–Trinajstić information content (AvgIpc) is 3.21. The van der Waals surface area contributed by atoms with Gasteiger partial charge in [0.1, 0.15) is 5.54 Å². The summed E-state index contributed by atoms with van der Waals surface area (Å²) < 4.78 is 0. The van der Waals surface area contributed by atoms with Gasteiger partial charge < -0.3 is 4.90 Å². The number of aliphatic imine (C=N–C) groups is 1. The molecule has 0 saturated heterocycles. The van der Waals surface area contributed by atoms with Crippen LogP contribution in [0.25, 0.3) is 0 Å². The molecule has 130 valence electrons. The van der Waals surface area contributed by atoms with Crippen molar-refractivity contribution in [2.45, 2.75) is 11.6 Å². The molecular weight excluding hydrogens is 340 g/mol. The second kappa shape index (κ2) is 7.35. The van der Waals surface area contributed by atoms with Gasteiger partial charge in [-0.05, 0) is 16.7 Å². The van der Waals surface area contributed by atoms with Crippen LogP contribution in [-0.4, -0.2) is 29.7 Å². The van der Waals surface area contributed by atoms with Gasteiger partial charge in [0.05, 0.1) is 12.4 Å². The Balaban J connectivity index is 2.00. The molecule has 26 heavy (non-hydrogen) atoms. The molecule has 1 aliphatic heterocycles. The molecule has 0 saturated carbocycles. The minimum Gasteiger partial charge on any atom is -0.343 e. The van der Waals surface area contributed by atoms with Crippen LogP contribution in [0, 0.1) is 0 Å². The summed E-state index contributed by atoms with van der Waals surface area (Å²) in [6.45, 7) is 0.794. The number of rotatable bonds is 5. The molecule has 0 fully saturated rings. The lowest BCUT2D eigenvalue weighted by atomic mass is 9.75. The van der Waals surface area contributed by atoms with Crippen LogP contribution in [0.2, 0.25) is 0 Å². The molecule has 0 amide bonds. The number of benzene rings is 3. The molecule has 3 heteroatoms. The van der Waals surface area contributed by atoms with E-state index in [-0.39, 0.29) is 6.04 Å². The lowest BCUT2D eigenvalue weighted by Crippen LogP contribution is -2.47. The van der Waals surface area contributed by atoms with Gasteiger partial charge in [-0.25, -0.2) is 0 Å². The Morgan fingerprint density at radius 2 is 1.19 bits per heavy atom. The summed E-state index contributed by atoms with van der Waals surface area (Å²) in [5, 5.41) is 0. The van der Waals surface area contributed by atoms with Crippen molar-refractivity contribution in [2.24, 2.45) is 4.99 Å². The maximum atomic E-state index is 6.12. The maximum absolute atomic E-state index is 6.12. The largest absolute Gasteiger partial charge is 0.343 e. The van der Waals surface area contributed by atoms with Crippen LogP contribution in [0.1, 0.15) is 16.7 Å². The fourth-order valence-corrected chi connectivity index (χ4v) is 4.02. The van der Waals surface area contributed by atoms with Gasteiger partial charge in [-0.3, -0.25) is 4.99 Å². The van der Waals surface area contributed by atoms with Crippen LogP contribution in [0.15, 0.2) is 96.0 Å². The van der Waals surface area contributed by atoms with Gasteiger partial charge in [-0.1, -0.05) is 91.0 Å². The summed E-state index contributed by atoms with van der Waals surface area (Å²) in [6.07, 6.45) is 1.97. The van der Waals surface area contributed by atoms with Gasteiger partial charge in [-0.2, -0.15) is 0 Å². The summed E-state index contributed by atoms with van der Waals surface area (Å²) in [7, 11) is 0. The zero-order valence-electron chi connectivity index (χ0n) is 14.5. The minimum absolute atomic E-state index is 0.118. The molecule has 0 aliphatic carbocycles. The molecule has 1 unspecified atom stereocenters. The third-order valence-corrected chi connectivity index (χ3v) is 5.36. The Bertz CT molecular complexity index is 766. The lowest BCUT2D eigenvalue weighted by molar-refractivity contribution is 0.284. The zero-order valence-corrected chi connectivity index (χ0v) is 15.3. The van der Waals surface area contributed by atoms with Crippen LogP contribution in [-0.2, 0) is 5.54 Å². The molecule has 0 bridgehead atoms. The van der Waals surface area contributed by atoms with Crippen LogP contribution in [0.4, 0.5) is 0 Å². The van der Waals surface area contributed by atoms with Crippen molar-refractivity contribution < 1.29 is 0 Å². The summed E-state index contributed by atoms with van der Waals surface area (Å²) in [4.78, 5) is 6.98. The summed E-state index contributed by atoms with van der Waals surface area (Å²) in [5.41, 5.74) is 3.23. The number of nitrogens with zero attached hydrogens (tertiary/aromatic N) is 2. The van der Waals surface area contributed by atoms with Crippen molar-refractivity contribution in [2.75, 3.05) is 12.4 Å². The molecule has 1 atom stereocenters. The average molecular weight is 361 g/mol. The Kier molecular flexibility index (Phi) is 4.77. The smallest absolute Gasteiger partial charge is 0.117 e. The fraction of sp³-hybridized carbons (Fsp3) is 0.174. The topological polar surface area (TPSA) is 15.6 Å². The first-order chi connectivity index (χ1) is 12.9. The second-order valence-electron chi connectivity index (χ2n) is 6.53. The second-order valence-corrected chi connectivity index (χ2v) is 6.84. The molecule has 1 aliphatic rings. The minimum atomic E-state index is -0.436. The van der Waals surface area contributed by atoms with Crippen molar-refractivity contribution in [1.82, 2.24) is 4.90 Å². The monoisotopic (exact) mass is 360 g/mol. The lowest BCUT2D eigenvalue weighted by Gasteiger charge is -2.43. The number of halogens is 1. The molecule has 0 N–H and O–H groups in total. The Morgan fingerprint density at radius 1 is 0.769 bits per heavy atom. The normalized spacial score (nSPS) is 16.8. The number of alkyl halides is 1. The van der Waals surface area contributed by atoms with Crippen LogP contribution < -0.4 is 0 Å². The third kappa shape index (κ3) is 2.81. The third-order valence-electron chi connectivity index (χ3n) is 5.01. The van der Waals surface area contributed by atoms with Crippen molar-refractivity contribution >= 4 is 17.9 Å². The van der Waals surface area contributed by atoms with E-state index in [9.17, 15) is 0 Å². The molecule has 4 rings (SSSR count). The molecular formula is C23H21ClN2. The van der Waals surface area contributed by atoms with Crippen LogP contribution >= 0.6 is 11.6 Å². The molecule has 3 aromatic rings. The Morgan fingerprint density at radius 3 is 1.54 bits per heavy atom. The molecule has 0 aromatic heterocycles. The zero-order chi connectivity index (χ0) is 17.8. The highest BCUT2D eigenvalue weighted by atomic mass is 35.5. The number of hydrogen-bond acceptors (Lipinski definition) is 2. The summed E-state index contributed by atoms with van der Waals surface area (Å²) >= 11 is 6.12. The van der Waals surface area contributed by atoms with E-state index in [2.05, 4.69) is 101 Å². The highest BCUT2D eigenvalue weighted by Crippen LogP contribution is 2.42. The van der Waals surface area contributed by atoms with Gasteiger partial charge >= 0.3 is 0 Å². The molecule has 1 heterocycles. The first-order valence-electron chi connectivity index (χ1n) is 8.88. The van der Waals surface area contributed by atoms with E-state index in [1.54, 1.807) is 0 Å². The van der Waals surface area contributed by atoms with Crippen molar-refractivity contribution in [3.8, 4) is 0 Å². The highest BCUT2D eigenvalue weighted by Gasteiger charge is 2.43. The fourth-order valence-electron chi connectivity index (χ4n) is 3.84. The van der Waals surface area contributed by atoms with E-state index in [1.807, 2.05) is 6.34 Å². The quantitative estimate of drug-likeness (QED) is 0.465. The van der Waals surface area contributed by atoms with Crippen molar-refractivity contribution in [3.05, 3.63) is 108 Å². The van der Waals surface area contributed by atoms with Gasteiger partial charge in [-0.15, -0.1) is 11.6 Å². The summed E-state index contributed by atoms with van der Waals surface area (Å²) in [6, 6.07) is 32.1. The van der Waals surface area contributed by atoms with Gasteiger partial charge in [0, 0.05) is 12.4 Å². The maximum Gasteiger partial charge on any atom is 0.117 e. The van der Waals surface area contributed by atoms with E-state index in [4.69, 9.17) is 11.6 Å². The molecule has 0 spiro atoms. The molecule has 3 aromatic carbocycles. The van der Waals surface area contributed by atoms with Crippen molar-refractivity contribution in [1.29, 1.82) is 0 Å². The van der Waals surface area contributed by atoms with Gasteiger partial charge in [0.15, 0.2) is 0 Å². The molecule has 0 radical (unpaired) electrons.